The third-order valence-electron chi connectivity index (χ3n) is 3.03. The molecule has 0 fully saturated rings. The molecule has 6 heteroatoms. The van der Waals surface area contributed by atoms with E-state index in [0.717, 1.165) is 25.6 Å². The first kappa shape index (κ1) is 14.6. The predicted octanol–water partition coefficient (Wildman–Crippen LogP) is 5.77. The zero-order chi connectivity index (χ0) is 15.0. The van der Waals surface area contributed by atoms with Crippen LogP contribution >= 0.6 is 43.5 Å². The van der Waals surface area contributed by atoms with Gasteiger partial charge in [0.1, 0.15) is 5.69 Å². The minimum absolute atomic E-state index is 0.277. The molecule has 0 aliphatic heterocycles. The maximum Gasteiger partial charge on any atom is 0.230 e. The second kappa shape index (κ2) is 5.83. The van der Waals surface area contributed by atoms with E-state index >= 15 is 0 Å². The van der Waals surface area contributed by atoms with Gasteiger partial charge < -0.3 is 10.3 Å². The van der Waals surface area contributed by atoms with Crippen LogP contribution in [-0.2, 0) is 0 Å². The van der Waals surface area contributed by atoms with Crippen LogP contribution in [0, 0.1) is 0 Å². The Morgan fingerprint density at radius 3 is 2.48 bits per heavy atom. The van der Waals surface area contributed by atoms with Gasteiger partial charge in [-0.15, -0.1) is 0 Å². The first-order chi connectivity index (χ1) is 10.1. The molecular weight excluding hydrogens is 419 g/mol. The van der Waals surface area contributed by atoms with E-state index in [-0.39, 0.29) is 5.88 Å². The van der Waals surface area contributed by atoms with Gasteiger partial charge in [-0.1, -0.05) is 60.8 Å². The summed E-state index contributed by atoms with van der Waals surface area (Å²) in [5, 5.41) is 4.71. The van der Waals surface area contributed by atoms with Crippen molar-refractivity contribution in [3.05, 3.63) is 56.4 Å². The van der Waals surface area contributed by atoms with Crippen molar-refractivity contribution in [1.82, 2.24) is 5.16 Å². The van der Waals surface area contributed by atoms with E-state index in [0.29, 0.717) is 10.7 Å². The van der Waals surface area contributed by atoms with Crippen LogP contribution in [0.2, 0.25) is 5.02 Å². The SMILES string of the molecule is Nc1onc(-c2cc(Cl)ccc2Br)c1-c1ccc(Br)cc1. The summed E-state index contributed by atoms with van der Waals surface area (Å²) in [5.41, 5.74) is 9.12. The highest BCUT2D eigenvalue weighted by Gasteiger charge is 2.19. The molecule has 1 aromatic heterocycles. The Bertz CT molecular complexity index is 800. The van der Waals surface area contributed by atoms with Crippen molar-refractivity contribution in [2.75, 3.05) is 5.73 Å². The van der Waals surface area contributed by atoms with Crippen LogP contribution in [0.4, 0.5) is 5.88 Å². The Hall–Kier alpha value is -1.30. The highest BCUT2D eigenvalue weighted by atomic mass is 79.9. The van der Waals surface area contributed by atoms with Crippen LogP contribution in [0.15, 0.2) is 55.9 Å². The van der Waals surface area contributed by atoms with Gasteiger partial charge in [0.15, 0.2) is 0 Å². The number of nitrogens with two attached hydrogens (primary N) is 1. The summed E-state index contributed by atoms with van der Waals surface area (Å²) in [5.74, 6) is 0.277. The van der Waals surface area contributed by atoms with Gasteiger partial charge in [0.2, 0.25) is 5.88 Å². The number of halogens is 3. The largest absolute Gasteiger partial charge is 0.367 e. The van der Waals surface area contributed by atoms with Crippen molar-refractivity contribution >= 4 is 49.3 Å². The molecule has 0 saturated carbocycles. The lowest BCUT2D eigenvalue weighted by Crippen LogP contribution is -1.88. The molecule has 3 aromatic rings. The van der Waals surface area contributed by atoms with E-state index in [4.69, 9.17) is 21.9 Å². The molecule has 2 aromatic carbocycles. The number of aromatic nitrogens is 1. The Balaban J connectivity index is 2.21. The predicted molar refractivity (Wildman–Crippen MR) is 92.2 cm³/mol. The molecule has 106 valence electrons. The number of nitrogen functional groups attached to an aromatic ring is 1. The fourth-order valence-electron chi connectivity index (χ4n) is 2.06. The van der Waals surface area contributed by atoms with Crippen molar-refractivity contribution < 1.29 is 4.52 Å². The summed E-state index contributed by atoms with van der Waals surface area (Å²) in [6.07, 6.45) is 0. The number of rotatable bonds is 2. The van der Waals surface area contributed by atoms with Gasteiger partial charge in [-0.3, -0.25) is 0 Å². The van der Waals surface area contributed by atoms with E-state index in [9.17, 15) is 0 Å². The van der Waals surface area contributed by atoms with Crippen LogP contribution in [-0.4, -0.2) is 5.16 Å². The molecule has 3 rings (SSSR count). The molecule has 0 saturated heterocycles. The summed E-state index contributed by atoms with van der Waals surface area (Å²) in [4.78, 5) is 0. The lowest BCUT2D eigenvalue weighted by Gasteiger charge is -2.05. The maximum absolute atomic E-state index is 6.08. The molecule has 0 aliphatic carbocycles. The molecule has 1 heterocycles. The standard InChI is InChI=1S/C15H9Br2ClN2O/c16-9-3-1-8(2-4-9)13-14(20-21-15(13)19)11-7-10(18)5-6-12(11)17/h1-7H,19H2. The summed E-state index contributed by atoms with van der Waals surface area (Å²) < 4.78 is 7.05. The molecule has 0 amide bonds. The van der Waals surface area contributed by atoms with E-state index < -0.39 is 0 Å². The van der Waals surface area contributed by atoms with Crippen molar-refractivity contribution in [1.29, 1.82) is 0 Å². The number of benzene rings is 2. The quantitative estimate of drug-likeness (QED) is 0.564. The fourth-order valence-corrected chi connectivity index (χ4v) is 2.93. The van der Waals surface area contributed by atoms with Crippen LogP contribution in [0.25, 0.3) is 22.4 Å². The molecule has 0 atom stereocenters. The number of hydrogen-bond donors (Lipinski definition) is 1. The number of anilines is 1. The Morgan fingerprint density at radius 2 is 1.76 bits per heavy atom. The molecular formula is C15H9Br2ClN2O. The average Bonchev–Trinajstić information content (AvgIpc) is 2.84. The molecule has 0 spiro atoms. The van der Waals surface area contributed by atoms with E-state index in [1.807, 2.05) is 36.4 Å². The van der Waals surface area contributed by atoms with Gasteiger partial charge in [0, 0.05) is 19.5 Å². The zero-order valence-electron chi connectivity index (χ0n) is 10.6. The minimum atomic E-state index is 0.277. The second-order valence-electron chi connectivity index (χ2n) is 4.40. The third kappa shape index (κ3) is 2.86. The van der Waals surface area contributed by atoms with Crippen molar-refractivity contribution in [2.24, 2.45) is 0 Å². The van der Waals surface area contributed by atoms with Gasteiger partial charge in [-0.2, -0.15) is 0 Å². The Morgan fingerprint density at radius 1 is 1.05 bits per heavy atom. The lowest BCUT2D eigenvalue weighted by atomic mass is 10.0. The molecule has 0 unspecified atom stereocenters. The minimum Gasteiger partial charge on any atom is -0.367 e. The number of hydrogen-bond acceptors (Lipinski definition) is 3. The van der Waals surface area contributed by atoms with Gasteiger partial charge in [0.25, 0.3) is 0 Å². The van der Waals surface area contributed by atoms with Crippen LogP contribution in [0.1, 0.15) is 0 Å². The van der Waals surface area contributed by atoms with E-state index in [2.05, 4.69) is 37.0 Å². The average molecular weight is 429 g/mol. The highest BCUT2D eigenvalue weighted by molar-refractivity contribution is 9.10. The smallest absolute Gasteiger partial charge is 0.230 e. The third-order valence-corrected chi connectivity index (χ3v) is 4.49. The summed E-state index contributed by atoms with van der Waals surface area (Å²) in [7, 11) is 0. The van der Waals surface area contributed by atoms with Crippen molar-refractivity contribution in [3.8, 4) is 22.4 Å². The molecule has 2 N–H and O–H groups in total. The molecule has 0 bridgehead atoms. The lowest BCUT2D eigenvalue weighted by molar-refractivity contribution is 0.439. The van der Waals surface area contributed by atoms with Crippen molar-refractivity contribution in [2.45, 2.75) is 0 Å². The fraction of sp³-hybridized carbons (Fsp3) is 0. The summed E-state index contributed by atoms with van der Waals surface area (Å²) in [6, 6.07) is 13.3. The van der Waals surface area contributed by atoms with E-state index in [1.54, 1.807) is 6.07 Å². The van der Waals surface area contributed by atoms with Gasteiger partial charge in [-0.05, 0) is 35.9 Å². The Labute approximate surface area is 143 Å². The second-order valence-corrected chi connectivity index (χ2v) is 6.61. The zero-order valence-corrected chi connectivity index (χ0v) is 14.5. The van der Waals surface area contributed by atoms with Crippen LogP contribution < -0.4 is 5.73 Å². The summed E-state index contributed by atoms with van der Waals surface area (Å²) >= 11 is 13.0. The highest BCUT2D eigenvalue weighted by Crippen LogP contribution is 2.40. The molecule has 21 heavy (non-hydrogen) atoms. The first-order valence-electron chi connectivity index (χ1n) is 6.03. The van der Waals surface area contributed by atoms with Gasteiger partial charge in [-0.25, -0.2) is 0 Å². The van der Waals surface area contributed by atoms with Gasteiger partial charge in [0.05, 0.1) is 5.56 Å². The summed E-state index contributed by atoms with van der Waals surface area (Å²) in [6.45, 7) is 0. The number of nitrogens with zero attached hydrogens (tertiary/aromatic N) is 1. The monoisotopic (exact) mass is 426 g/mol. The molecule has 0 aliphatic rings. The topological polar surface area (TPSA) is 52.0 Å². The van der Waals surface area contributed by atoms with Crippen LogP contribution in [0.3, 0.4) is 0 Å². The van der Waals surface area contributed by atoms with E-state index in [1.165, 1.54) is 0 Å². The van der Waals surface area contributed by atoms with Crippen molar-refractivity contribution in [3.63, 3.8) is 0 Å². The first-order valence-corrected chi connectivity index (χ1v) is 7.99. The molecule has 3 nitrogen and oxygen atoms in total. The van der Waals surface area contributed by atoms with Gasteiger partial charge >= 0.3 is 0 Å². The normalized spacial score (nSPS) is 10.8. The Kier molecular flexibility index (Phi) is 4.06. The maximum atomic E-state index is 6.08. The van der Waals surface area contributed by atoms with Crippen LogP contribution in [0.5, 0.6) is 0 Å². The molecule has 0 radical (unpaired) electrons.